The monoisotopic (exact) mass is 358 g/mol. The number of amides is 1. The Morgan fingerprint density at radius 3 is 2.88 bits per heavy atom. The molecular weight excluding hydrogens is 340 g/mol. The van der Waals surface area contributed by atoms with Gasteiger partial charge in [0.15, 0.2) is 10.8 Å². The van der Waals surface area contributed by atoms with Crippen LogP contribution in [-0.2, 0) is 16.0 Å². The second-order valence-corrected chi connectivity index (χ2v) is 6.49. The van der Waals surface area contributed by atoms with Gasteiger partial charge in [-0.15, -0.1) is 11.3 Å². The molecule has 1 N–H and O–H groups in total. The van der Waals surface area contributed by atoms with Gasteiger partial charge >= 0.3 is 5.97 Å². The molecule has 0 fully saturated rings. The maximum absolute atomic E-state index is 12.3. The summed E-state index contributed by atoms with van der Waals surface area (Å²) in [6.45, 7) is 6.03. The lowest BCUT2D eigenvalue weighted by Crippen LogP contribution is -2.14. The highest BCUT2D eigenvalue weighted by Crippen LogP contribution is 2.27. The molecule has 0 aliphatic heterocycles. The van der Waals surface area contributed by atoms with Gasteiger partial charge in [0.2, 0.25) is 5.91 Å². The number of carbonyl (C=O) groups is 2. The number of fused-ring (bicyclic) bond motifs is 1. The molecular formula is C18H18N2O4S. The van der Waals surface area contributed by atoms with E-state index in [1.54, 1.807) is 18.6 Å². The van der Waals surface area contributed by atoms with Gasteiger partial charge in [0, 0.05) is 16.3 Å². The molecule has 2 heterocycles. The van der Waals surface area contributed by atoms with E-state index in [0.717, 1.165) is 27.7 Å². The predicted octanol–water partition coefficient (Wildman–Crippen LogP) is 3.86. The highest BCUT2D eigenvalue weighted by Gasteiger charge is 2.16. The number of anilines is 1. The largest absolute Gasteiger partial charge is 0.464 e. The van der Waals surface area contributed by atoms with Crippen LogP contribution in [0.5, 0.6) is 0 Å². The molecule has 3 rings (SSSR count). The number of aryl methyl sites for hydroxylation is 2. The van der Waals surface area contributed by atoms with Gasteiger partial charge in [-0.1, -0.05) is 12.1 Å². The zero-order chi connectivity index (χ0) is 18.0. The number of hydrogen-bond donors (Lipinski definition) is 1. The van der Waals surface area contributed by atoms with Crippen LogP contribution in [0.4, 0.5) is 5.13 Å². The number of ether oxygens (including phenoxy) is 1. The van der Waals surface area contributed by atoms with Gasteiger partial charge in [-0.25, -0.2) is 9.78 Å². The van der Waals surface area contributed by atoms with E-state index in [1.165, 1.54) is 11.3 Å². The predicted molar refractivity (Wildman–Crippen MR) is 96.1 cm³/mol. The minimum Gasteiger partial charge on any atom is -0.464 e. The number of furan rings is 1. The maximum Gasteiger partial charge on any atom is 0.357 e. The fourth-order valence-electron chi connectivity index (χ4n) is 2.49. The molecule has 1 aromatic carbocycles. The van der Waals surface area contributed by atoms with Crippen LogP contribution in [0, 0.1) is 13.8 Å². The lowest BCUT2D eigenvalue weighted by molar-refractivity contribution is -0.115. The Balaban J connectivity index is 1.71. The SMILES string of the molecule is CCOC(=O)c1csc(NC(=O)Cc2coc3c(C)c(C)ccc23)n1. The van der Waals surface area contributed by atoms with Crippen LogP contribution in [0.3, 0.4) is 0 Å². The van der Waals surface area contributed by atoms with Crippen LogP contribution in [0.2, 0.25) is 0 Å². The van der Waals surface area contributed by atoms with Gasteiger partial charge in [0.1, 0.15) is 5.58 Å². The van der Waals surface area contributed by atoms with Gasteiger partial charge in [-0.3, -0.25) is 4.79 Å². The van der Waals surface area contributed by atoms with Gasteiger partial charge < -0.3 is 14.5 Å². The van der Waals surface area contributed by atoms with Crippen molar-refractivity contribution in [2.45, 2.75) is 27.2 Å². The Morgan fingerprint density at radius 2 is 2.12 bits per heavy atom. The second kappa shape index (κ2) is 7.06. The summed E-state index contributed by atoms with van der Waals surface area (Å²) >= 11 is 1.19. The number of nitrogens with zero attached hydrogens (tertiary/aromatic N) is 1. The summed E-state index contributed by atoms with van der Waals surface area (Å²) in [7, 11) is 0. The third kappa shape index (κ3) is 3.56. The molecule has 3 aromatic rings. The summed E-state index contributed by atoms with van der Waals surface area (Å²) in [6.07, 6.45) is 1.78. The van der Waals surface area contributed by atoms with Crippen LogP contribution in [-0.4, -0.2) is 23.5 Å². The minimum atomic E-state index is -0.495. The molecule has 25 heavy (non-hydrogen) atoms. The summed E-state index contributed by atoms with van der Waals surface area (Å²) in [4.78, 5) is 28.0. The molecule has 0 atom stereocenters. The molecule has 0 radical (unpaired) electrons. The molecule has 0 unspecified atom stereocenters. The first-order chi connectivity index (χ1) is 12.0. The highest BCUT2D eigenvalue weighted by atomic mass is 32.1. The number of thiazole rings is 1. The Morgan fingerprint density at radius 1 is 1.32 bits per heavy atom. The van der Waals surface area contributed by atoms with E-state index in [2.05, 4.69) is 10.3 Å². The summed E-state index contributed by atoms with van der Waals surface area (Å²) in [5.41, 5.74) is 4.04. The molecule has 7 heteroatoms. The van der Waals surface area contributed by atoms with Crippen LogP contribution in [0.25, 0.3) is 11.0 Å². The van der Waals surface area contributed by atoms with Gasteiger partial charge in [0.25, 0.3) is 0 Å². The van der Waals surface area contributed by atoms with E-state index in [9.17, 15) is 9.59 Å². The normalized spacial score (nSPS) is 10.8. The smallest absolute Gasteiger partial charge is 0.357 e. The third-order valence-corrected chi connectivity index (χ3v) is 4.69. The van der Waals surface area contributed by atoms with Gasteiger partial charge in [0.05, 0.1) is 19.3 Å². The summed E-state index contributed by atoms with van der Waals surface area (Å²) in [5, 5.41) is 5.57. The number of esters is 1. The van der Waals surface area contributed by atoms with E-state index >= 15 is 0 Å². The van der Waals surface area contributed by atoms with Crippen LogP contribution in [0.1, 0.15) is 34.1 Å². The summed E-state index contributed by atoms with van der Waals surface area (Å²) in [5.74, 6) is -0.711. The van der Waals surface area contributed by atoms with Crippen molar-refractivity contribution >= 4 is 39.3 Å². The van der Waals surface area contributed by atoms with Gasteiger partial charge in [-0.2, -0.15) is 0 Å². The van der Waals surface area contributed by atoms with Crippen molar-refractivity contribution in [2.75, 3.05) is 11.9 Å². The molecule has 0 saturated heterocycles. The molecule has 0 aliphatic rings. The average Bonchev–Trinajstić information content (AvgIpc) is 3.19. The topological polar surface area (TPSA) is 81.4 Å². The van der Waals surface area contributed by atoms with Crippen LogP contribution >= 0.6 is 11.3 Å². The number of rotatable bonds is 5. The van der Waals surface area contributed by atoms with E-state index in [0.29, 0.717) is 5.13 Å². The van der Waals surface area contributed by atoms with Crippen molar-refractivity contribution in [1.29, 1.82) is 0 Å². The average molecular weight is 358 g/mol. The number of benzene rings is 1. The number of aromatic nitrogens is 1. The van der Waals surface area contributed by atoms with Crippen molar-refractivity contribution in [2.24, 2.45) is 0 Å². The standard InChI is InChI=1S/C18H18N2O4S/c1-4-23-17(22)14-9-25-18(19-14)20-15(21)7-12-8-24-16-11(3)10(2)5-6-13(12)16/h5-6,8-9H,4,7H2,1-3H3,(H,19,20,21). The Bertz CT molecular complexity index is 942. The lowest BCUT2D eigenvalue weighted by Gasteiger charge is -2.02. The highest BCUT2D eigenvalue weighted by molar-refractivity contribution is 7.14. The fraction of sp³-hybridized carbons (Fsp3) is 0.278. The lowest BCUT2D eigenvalue weighted by atomic mass is 10.0. The quantitative estimate of drug-likeness (QED) is 0.700. The molecule has 130 valence electrons. The van der Waals surface area contributed by atoms with Crippen LogP contribution < -0.4 is 5.32 Å². The first-order valence-corrected chi connectivity index (χ1v) is 8.76. The zero-order valence-electron chi connectivity index (χ0n) is 14.2. The molecule has 0 aliphatic carbocycles. The number of hydrogen-bond acceptors (Lipinski definition) is 6. The Labute approximate surface area is 148 Å². The summed E-state index contributed by atoms with van der Waals surface area (Å²) in [6, 6.07) is 3.98. The van der Waals surface area contributed by atoms with Crippen molar-refractivity contribution in [3.8, 4) is 0 Å². The maximum atomic E-state index is 12.3. The van der Waals surface area contributed by atoms with Crippen LogP contribution in [0.15, 0.2) is 28.2 Å². The van der Waals surface area contributed by atoms with Crippen molar-refractivity contribution in [3.05, 3.63) is 46.2 Å². The van der Waals surface area contributed by atoms with Crippen molar-refractivity contribution in [3.63, 3.8) is 0 Å². The van der Waals surface area contributed by atoms with E-state index in [-0.39, 0.29) is 24.6 Å². The van der Waals surface area contributed by atoms with Gasteiger partial charge in [-0.05, 0) is 31.9 Å². The molecule has 6 nitrogen and oxygen atoms in total. The van der Waals surface area contributed by atoms with Crippen molar-refractivity contribution < 1.29 is 18.7 Å². The third-order valence-electron chi connectivity index (χ3n) is 3.93. The second-order valence-electron chi connectivity index (χ2n) is 5.63. The van der Waals surface area contributed by atoms with E-state index in [1.807, 2.05) is 26.0 Å². The molecule has 0 spiro atoms. The molecule has 0 bridgehead atoms. The Kier molecular flexibility index (Phi) is 4.85. The molecule has 0 saturated carbocycles. The number of carbonyl (C=O) groups excluding carboxylic acids is 2. The fourth-order valence-corrected chi connectivity index (χ4v) is 3.19. The van der Waals surface area contributed by atoms with E-state index < -0.39 is 5.97 Å². The zero-order valence-corrected chi connectivity index (χ0v) is 15.0. The molecule has 2 aromatic heterocycles. The summed E-state index contributed by atoms with van der Waals surface area (Å²) < 4.78 is 10.5. The van der Waals surface area contributed by atoms with E-state index in [4.69, 9.17) is 9.15 Å². The minimum absolute atomic E-state index is 0.170. The number of nitrogens with one attached hydrogen (secondary N) is 1. The first-order valence-electron chi connectivity index (χ1n) is 7.88. The molecule has 1 amide bonds. The first kappa shape index (κ1) is 17.2. The Hall–Kier alpha value is -2.67. The van der Waals surface area contributed by atoms with Crippen molar-refractivity contribution in [1.82, 2.24) is 4.98 Å².